The van der Waals surface area contributed by atoms with Crippen LogP contribution in [0, 0.1) is 6.42 Å². The number of aryl methyl sites for hydroxylation is 1. The number of rotatable bonds is 2. The van der Waals surface area contributed by atoms with Crippen LogP contribution in [-0.2, 0) is 6.42 Å². The molecule has 0 spiro atoms. The normalized spacial score (nSPS) is 15.4. The Kier molecular flexibility index (Phi) is 3.32. The summed E-state index contributed by atoms with van der Waals surface area (Å²) < 4.78 is 0. The maximum Gasteiger partial charge on any atom is 0.259 e. The molecule has 0 saturated carbocycles. The van der Waals surface area contributed by atoms with Crippen molar-refractivity contribution in [2.75, 3.05) is 0 Å². The van der Waals surface area contributed by atoms with Crippen LogP contribution in [0.2, 0.25) is 0 Å². The number of benzene rings is 1. The summed E-state index contributed by atoms with van der Waals surface area (Å²) in [6.07, 6.45) is 4.78. The van der Waals surface area contributed by atoms with Gasteiger partial charge in [0, 0.05) is 9.27 Å². The highest BCUT2D eigenvalue weighted by molar-refractivity contribution is 6.24. The predicted molar refractivity (Wildman–Crippen MR) is 75.5 cm³/mol. The fraction of sp³-hybridized carbons (Fsp3) is 0.267. The topological polar surface area (TPSA) is 46.2 Å². The molecule has 1 radical (unpaired) electrons. The van der Waals surface area contributed by atoms with Crippen LogP contribution >= 0.6 is 0 Å². The molecule has 0 aromatic heterocycles. The summed E-state index contributed by atoms with van der Waals surface area (Å²) in [6, 6.07) is 3.67. The second kappa shape index (κ2) is 4.77. The molecule has 3 nitrogen and oxygen atoms in total. The summed E-state index contributed by atoms with van der Waals surface area (Å²) in [6.45, 7) is 6.04. The summed E-state index contributed by atoms with van der Waals surface area (Å²) in [4.78, 5) is 23.2. The molecular weight excluding hydrogens is 226 g/mol. The Hall–Kier alpha value is -1.90. The van der Waals surface area contributed by atoms with Crippen LogP contribution in [-0.4, -0.2) is 11.8 Å². The van der Waals surface area contributed by atoms with Crippen LogP contribution in [0.5, 0.6) is 0 Å². The Labute approximate surface area is 110 Å². The lowest BCUT2D eigenvalue weighted by Crippen LogP contribution is -2.20. The standard InChI is InChI=1S/C13H10NO2.C2H6.2H2/c1-2-7-5-6-9-11(10(7)8-3-4-8)13(16)14-12(9)15;1-2;;/h3-6H,2H2,1H3,(H,14,15,16);1-2H3;2*1H. The molecule has 1 aliphatic heterocycles. The number of hydrogen-bond acceptors (Lipinski definition) is 2. The van der Waals surface area contributed by atoms with E-state index in [1.54, 1.807) is 6.07 Å². The second-order valence-corrected chi connectivity index (χ2v) is 3.95. The van der Waals surface area contributed by atoms with Crippen LogP contribution in [0.1, 0.15) is 55.5 Å². The summed E-state index contributed by atoms with van der Waals surface area (Å²) in [7, 11) is 0. The van der Waals surface area contributed by atoms with Crippen LogP contribution in [0.4, 0.5) is 0 Å². The molecule has 97 valence electrons. The zero-order valence-electron chi connectivity index (χ0n) is 10.8. The van der Waals surface area contributed by atoms with Crippen LogP contribution in [0.15, 0.2) is 18.2 Å². The van der Waals surface area contributed by atoms with E-state index in [1.807, 2.05) is 39.3 Å². The first-order valence-corrected chi connectivity index (χ1v) is 6.29. The van der Waals surface area contributed by atoms with E-state index in [0.29, 0.717) is 11.1 Å². The van der Waals surface area contributed by atoms with Gasteiger partial charge in [-0.25, -0.2) is 0 Å². The average Bonchev–Trinajstić information content (AvgIpc) is 3.19. The van der Waals surface area contributed by atoms with E-state index in [-0.39, 0.29) is 14.7 Å². The largest absolute Gasteiger partial charge is 0.288 e. The first-order valence-electron chi connectivity index (χ1n) is 6.29. The van der Waals surface area contributed by atoms with E-state index in [4.69, 9.17) is 0 Å². The minimum absolute atomic E-state index is 0. The minimum Gasteiger partial charge on any atom is -0.288 e. The van der Waals surface area contributed by atoms with Crippen molar-refractivity contribution in [3.8, 4) is 0 Å². The lowest BCUT2D eigenvalue weighted by Gasteiger charge is -2.08. The van der Waals surface area contributed by atoms with Gasteiger partial charge in [0.05, 0.1) is 11.1 Å². The van der Waals surface area contributed by atoms with E-state index in [1.165, 1.54) is 0 Å². The lowest BCUT2D eigenvalue weighted by atomic mass is 9.94. The molecular formula is C15H20NO2. The van der Waals surface area contributed by atoms with Crippen LogP contribution in [0.25, 0.3) is 5.57 Å². The monoisotopic (exact) mass is 246 g/mol. The van der Waals surface area contributed by atoms with Gasteiger partial charge in [0.2, 0.25) is 0 Å². The van der Waals surface area contributed by atoms with Gasteiger partial charge in [-0.2, -0.15) is 0 Å². The molecule has 0 atom stereocenters. The molecule has 0 unspecified atom stereocenters. The summed E-state index contributed by atoms with van der Waals surface area (Å²) in [5, 5.41) is 2.34. The average molecular weight is 246 g/mol. The molecule has 1 aromatic carbocycles. The molecule has 1 heterocycles. The van der Waals surface area contributed by atoms with Gasteiger partial charge in [-0.1, -0.05) is 32.9 Å². The van der Waals surface area contributed by atoms with E-state index in [2.05, 4.69) is 5.32 Å². The Morgan fingerprint density at radius 1 is 1.11 bits per heavy atom. The third-order valence-corrected chi connectivity index (χ3v) is 2.99. The molecule has 1 N–H and O–H groups in total. The van der Waals surface area contributed by atoms with Gasteiger partial charge in [0.15, 0.2) is 0 Å². The predicted octanol–water partition coefficient (Wildman–Crippen LogP) is 3.25. The maximum atomic E-state index is 11.7. The zero-order chi connectivity index (χ0) is 13.3. The Bertz CT molecular complexity index is 565. The Morgan fingerprint density at radius 3 is 2.33 bits per heavy atom. The van der Waals surface area contributed by atoms with Gasteiger partial charge in [-0.3, -0.25) is 14.9 Å². The number of carbonyl (C=O) groups is 2. The zero-order valence-corrected chi connectivity index (χ0v) is 10.8. The molecule has 0 saturated heterocycles. The first kappa shape index (κ1) is 12.6. The van der Waals surface area contributed by atoms with Crippen molar-refractivity contribution in [2.45, 2.75) is 27.2 Å². The van der Waals surface area contributed by atoms with Crippen molar-refractivity contribution in [3.63, 3.8) is 0 Å². The highest BCUT2D eigenvalue weighted by Crippen LogP contribution is 2.37. The van der Waals surface area contributed by atoms with E-state index >= 15 is 0 Å². The van der Waals surface area contributed by atoms with Crippen molar-refractivity contribution in [3.05, 3.63) is 46.9 Å². The highest BCUT2D eigenvalue weighted by atomic mass is 16.2. The molecule has 0 fully saturated rings. The van der Waals surface area contributed by atoms with Gasteiger partial charge in [-0.05, 0) is 29.2 Å². The molecule has 2 aliphatic rings. The van der Waals surface area contributed by atoms with E-state index < -0.39 is 0 Å². The number of hydrogen-bond donors (Lipinski definition) is 1. The Balaban J connectivity index is 0.000000866. The van der Waals surface area contributed by atoms with Crippen molar-refractivity contribution in [1.82, 2.24) is 5.32 Å². The summed E-state index contributed by atoms with van der Waals surface area (Å²) in [5.74, 6) is -0.559. The second-order valence-electron chi connectivity index (χ2n) is 3.95. The molecule has 1 aliphatic carbocycles. The highest BCUT2D eigenvalue weighted by Gasteiger charge is 2.32. The van der Waals surface area contributed by atoms with Crippen molar-refractivity contribution in [1.29, 1.82) is 0 Å². The van der Waals surface area contributed by atoms with E-state index in [0.717, 1.165) is 23.1 Å². The number of carbonyl (C=O) groups excluding carboxylic acids is 2. The van der Waals surface area contributed by atoms with Crippen molar-refractivity contribution < 1.29 is 12.4 Å². The minimum atomic E-state index is -0.287. The number of allylic oxidation sites excluding steroid dienone is 2. The number of nitrogens with one attached hydrogen (secondary N) is 1. The SMILES string of the molecule is CC.CCc1ccc2c(c1C1=C[CH]1)C(=O)NC2=O.[HH].[HH]. The van der Waals surface area contributed by atoms with Gasteiger partial charge >= 0.3 is 0 Å². The molecule has 0 bridgehead atoms. The van der Waals surface area contributed by atoms with Crippen molar-refractivity contribution in [2.24, 2.45) is 0 Å². The Morgan fingerprint density at radius 2 is 1.78 bits per heavy atom. The number of imide groups is 1. The quantitative estimate of drug-likeness (QED) is 0.814. The number of amides is 2. The summed E-state index contributed by atoms with van der Waals surface area (Å²) in [5.41, 5.74) is 4.16. The fourth-order valence-electron chi connectivity index (χ4n) is 2.14. The first-order chi connectivity index (χ1) is 8.72. The summed E-state index contributed by atoms with van der Waals surface area (Å²) >= 11 is 0. The number of fused-ring (bicyclic) bond motifs is 1. The van der Waals surface area contributed by atoms with Crippen LogP contribution in [0.3, 0.4) is 0 Å². The molecule has 3 rings (SSSR count). The van der Waals surface area contributed by atoms with Gasteiger partial charge < -0.3 is 0 Å². The van der Waals surface area contributed by atoms with E-state index in [9.17, 15) is 9.59 Å². The lowest BCUT2D eigenvalue weighted by molar-refractivity contribution is 0.0879. The van der Waals surface area contributed by atoms with Crippen molar-refractivity contribution >= 4 is 17.4 Å². The fourth-order valence-corrected chi connectivity index (χ4v) is 2.14. The molecule has 1 aromatic rings. The van der Waals surface area contributed by atoms with Crippen LogP contribution < -0.4 is 5.32 Å². The molecule has 18 heavy (non-hydrogen) atoms. The third-order valence-electron chi connectivity index (χ3n) is 2.99. The third kappa shape index (κ3) is 1.86. The van der Waals surface area contributed by atoms with Gasteiger partial charge in [-0.15, -0.1) is 0 Å². The van der Waals surface area contributed by atoms with Gasteiger partial charge in [0.25, 0.3) is 11.8 Å². The smallest absolute Gasteiger partial charge is 0.259 e. The molecule has 2 amide bonds. The van der Waals surface area contributed by atoms with Gasteiger partial charge in [0.1, 0.15) is 0 Å². The maximum absolute atomic E-state index is 11.7. The molecule has 3 heteroatoms.